The van der Waals surface area contributed by atoms with Crippen LogP contribution in [0.3, 0.4) is 0 Å². The molecule has 0 aliphatic rings. The Morgan fingerprint density at radius 2 is 1.87 bits per heavy atom. The Balaban J connectivity index is 1.59. The predicted molar refractivity (Wildman–Crippen MR) is 117 cm³/mol. The SMILES string of the molecule is CC(C)OC(=O)Cn1c(CCCNC(=O)Cc2ccccc2Cl)nc2ccccc21. The number of hydrogen-bond donors (Lipinski definition) is 1. The standard InChI is InChI=1S/C23H26ClN3O3/c1-16(2)30-23(29)15-27-20-11-6-5-10-19(20)26-21(27)12-7-13-25-22(28)14-17-8-3-4-9-18(17)24/h3-6,8-11,16H,7,12-15H2,1-2H3,(H,25,28). The van der Waals surface area contributed by atoms with Crippen LogP contribution in [0, 0.1) is 0 Å². The third kappa shape index (κ3) is 5.83. The lowest BCUT2D eigenvalue weighted by atomic mass is 10.1. The number of ether oxygens (including phenoxy) is 1. The van der Waals surface area contributed by atoms with Gasteiger partial charge in [0, 0.05) is 18.0 Å². The minimum Gasteiger partial charge on any atom is -0.462 e. The first-order chi connectivity index (χ1) is 14.4. The molecule has 30 heavy (non-hydrogen) atoms. The number of carbonyl (C=O) groups excluding carboxylic acids is 2. The van der Waals surface area contributed by atoms with Crippen LogP contribution in [0.1, 0.15) is 31.7 Å². The zero-order valence-corrected chi connectivity index (χ0v) is 18.0. The van der Waals surface area contributed by atoms with Crippen molar-refractivity contribution >= 4 is 34.5 Å². The highest BCUT2D eigenvalue weighted by atomic mass is 35.5. The van der Waals surface area contributed by atoms with Gasteiger partial charge in [-0.05, 0) is 44.0 Å². The molecular weight excluding hydrogens is 402 g/mol. The number of fused-ring (bicyclic) bond motifs is 1. The highest BCUT2D eigenvalue weighted by Gasteiger charge is 2.15. The van der Waals surface area contributed by atoms with E-state index in [2.05, 4.69) is 10.3 Å². The molecule has 0 saturated carbocycles. The average molecular weight is 428 g/mol. The lowest BCUT2D eigenvalue weighted by molar-refractivity contribution is -0.148. The largest absolute Gasteiger partial charge is 0.462 e. The number of aromatic nitrogens is 2. The zero-order valence-electron chi connectivity index (χ0n) is 17.2. The van der Waals surface area contributed by atoms with Gasteiger partial charge in [0.2, 0.25) is 5.91 Å². The van der Waals surface area contributed by atoms with E-state index in [0.717, 1.165) is 22.4 Å². The minimum absolute atomic E-state index is 0.0721. The molecule has 0 saturated heterocycles. The lowest BCUT2D eigenvalue weighted by Crippen LogP contribution is -2.26. The molecular formula is C23H26ClN3O3. The number of hydrogen-bond acceptors (Lipinski definition) is 4. The number of nitrogens with one attached hydrogen (secondary N) is 1. The van der Waals surface area contributed by atoms with E-state index in [9.17, 15) is 9.59 Å². The molecule has 7 heteroatoms. The van der Waals surface area contributed by atoms with Gasteiger partial charge in [-0.25, -0.2) is 4.98 Å². The highest BCUT2D eigenvalue weighted by molar-refractivity contribution is 6.31. The summed E-state index contributed by atoms with van der Waals surface area (Å²) in [5.74, 6) is 0.441. The zero-order chi connectivity index (χ0) is 21.5. The quantitative estimate of drug-likeness (QED) is 0.414. The van der Waals surface area contributed by atoms with Crippen LogP contribution < -0.4 is 5.32 Å². The number of amides is 1. The monoisotopic (exact) mass is 427 g/mol. The van der Waals surface area contributed by atoms with Gasteiger partial charge in [-0.15, -0.1) is 0 Å². The van der Waals surface area contributed by atoms with Gasteiger partial charge >= 0.3 is 5.97 Å². The molecule has 0 radical (unpaired) electrons. The third-order valence-corrected chi connectivity index (χ3v) is 4.96. The summed E-state index contributed by atoms with van der Waals surface area (Å²) in [6, 6.07) is 15.0. The summed E-state index contributed by atoms with van der Waals surface area (Å²) in [4.78, 5) is 29.0. The summed E-state index contributed by atoms with van der Waals surface area (Å²) in [6.45, 7) is 4.29. The molecule has 0 aliphatic carbocycles. The summed E-state index contributed by atoms with van der Waals surface area (Å²) in [7, 11) is 0. The van der Waals surface area contributed by atoms with E-state index in [0.29, 0.717) is 24.4 Å². The number of imidazole rings is 1. The summed E-state index contributed by atoms with van der Waals surface area (Å²) < 4.78 is 7.19. The summed E-state index contributed by atoms with van der Waals surface area (Å²) in [5, 5.41) is 3.51. The Morgan fingerprint density at radius 3 is 2.63 bits per heavy atom. The number of rotatable bonds is 9. The second-order valence-corrected chi connectivity index (χ2v) is 7.77. The van der Waals surface area contributed by atoms with Crippen molar-refractivity contribution in [1.82, 2.24) is 14.9 Å². The molecule has 0 spiro atoms. The Bertz CT molecular complexity index is 1030. The Kier molecular flexibility index (Phi) is 7.46. The van der Waals surface area contributed by atoms with E-state index >= 15 is 0 Å². The van der Waals surface area contributed by atoms with E-state index < -0.39 is 0 Å². The molecule has 1 heterocycles. The molecule has 1 amide bonds. The van der Waals surface area contributed by atoms with Crippen LogP contribution in [0.2, 0.25) is 5.02 Å². The fraction of sp³-hybridized carbons (Fsp3) is 0.348. The fourth-order valence-corrected chi connectivity index (χ4v) is 3.48. The molecule has 6 nitrogen and oxygen atoms in total. The molecule has 1 N–H and O–H groups in total. The minimum atomic E-state index is -0.289. The van der Waals surface area contributed by atoms with Crippen LogP contribution in [-0.2, 0) is 33.7 Å². The van der Waals surface area contributed by atoms with Gasteiger partial charge < -0.3 is 14.6 Å². The van der Waals surface area contributed by atoms with Crippen molar-refractivity contribution in [2.45, 2.75) is 45.8 Å². The van der Waals surface area contributed by atoms with Gasteiger partial charge in [0.1, 0.15) is 12.4 Å². The van der Waals surface area contributed by atoms with Crippen LogP contribution in [0.5, 0.6) is 0 Å². The Labute approximate surface area is 181 Å². The molecule has 0 bridgehead atoms. The summed E-state index contributed by atoms with van der Waals surface area (Å²) in [5.41, 5.74) is 2.55. The molecule has 158 valence electrons. The van der Waals surface area contributed by atoms with Crippen LogP contribution >= 0.6 is 11.6 Å². The first-order valence-corrected chi connectivity index (χ1v) is 10.5. The smallest absolute Gasteiger partial charge is 0.326 e. The summed E-state index contributed by atoms with van der Waals surface area (Å²) >= 11 is 6.11. The lowest BCUT2D eigenvalue weighted by Gasteiger charge is -2.12. The average Bonchev–Trinajstić information content (AvgIpc) is 3.04. The molecule has 0 fully saturated rings. The van der Waals surface area contributed by atoms with Gasteiger partial charge in [-0.2, -0.15) is 0 Å². The van der Waals surface area contributed by atoms with Crippen LogP contribution in [0.25, 0.3) is 11.0 Å². The first-order valence-electron chi connectivity index (χ1n) is 10.1. The van der Waals surface area contributed by atoms with E-state index in [1.807, 2.05) is 60.9 Å². The number of halogens is 1. The molecule has 0 aliphatic heterocycles. The van der Waals surface area contributed by atoms with Crippen molar-refractivity contribution in [3.05, 3.63) is 64.9 Å². The fourth-order valence-electron chi connectivity index (χ4n) is 3.27. The van der Waals surface area contributed by atoms with E-state index in [1.54, 1.807) is 6.07 Å². The maximum absolute atomic E-state index is 12.2. The second kappa shape index (κ2) is 10.3. The number of nitrogens with zero attached hydrogens (tertiary/aromatic N) is 2. The normalized spacial score (nSPS) is 11.1. The van der Waals surface area contributed by atoms with Crippen LogP contribution in [-0.4, -0.2) is 34.1 Å². The van der Waals surface area contributed by atoms with Crippen molar-refractivity contribution in [3.8, 4) is 0 Å². The van der Waals surface area contributed by atoms with Crippen molar-refractivity contribution in [2.24, 2.45) is 0 Å². The number of para-hydroxylation sites is 2. The van der Waals surface area contributed by atoms with Gasteiger partial charge in [-0.3, -0.25) is 9.59 Å². The van der Waals surface area contributed by atoms with Gasteiger partial charge in [0.05, 0.1) is 23.6 Å². The van der Waals surface area contributed by atoms with Crippen molar-refractivity contribution < 1.29 is 14.3 Å². The van der Waals surface area contributed by atoms with Crippen molar-refractivity contribution in [3.63, 3.8) is 0 Å². The number of aryl methyl sites for hydroxylation is 1. The van der Waals surface area contributed by atoms with Crippen molar-refractivity contribution in [2.75, 3.05) is 6.54 Å². The Hall–Kier alpha value is -2.86. The topological polar surface area (TPSA) is 73.2 Å². The molecule has 1 aromatic heterocycles. The highest BCUT2D eigenvalue weighted by Crippen LogP contribution is 2.18. The van der Waals surface area contributed by atoms with Crippen LogP contribution in [0.4, 0.5) is 0 Å². The second-order valence-electron chi connectivity index (χ2n) is 7.36. The van der Waals surface area contributed by atoms with Crippen LogP contribution in [0.15, 0.2) is 48.5 Å². The number of carbonyl (C=O) groups is 2. The van der Waals surface area contributed by atoms with Crippen molar-refractivity contribution in [1.29, 1.82) is 0 Å². The molecule has 2 aromatic carbocycles. The molecule has 3 rings (SSSR count). The van der Waals surface area contributed by atoms with Gasteiger partial charge in [-0.1, -0.05) is 41.9 Å². The maximum Gasteiger partial charge on any atom is 0.326 e. The van der Waals surface area contributed by atoms with Gasteiger partial charge in [0.25, 0.3) is 0 Å². The summed E-state index contributed by atoms with van der Waals surface area (Å²) in [6.07, 6.45) is 1.43. The number of esters is 1. The molecule has 0 unspecified atom stereocenters. The van der Waals surface area contributed by atoms with Gasteiger partial charge in [0.15, 0.2) is 0 Å². The maximum atomic E-state index is 12.2. The third-order valence-electron chi connectivity index (χ3n) is 4.60. The van der Waals surface area contributed by atoms with E-state index in [1.165, 1.54) is 0 Å². The predicted octanol–water partition coefficient (Wildman–Crippen LogP) is 3.93. The number of benzene rings is 2. The Morgan fingerprint density at radius 1 is 1.13 bits per heavy atom. The molecule has 3 aromatic rings. The van der Waals surface area contributed by atoms with E-state index in [4.69, 9.17) is 16.3 Å². The molecule has 0 atom stereocenters. The van der Waals surface area contributed by atoms with E-state index in [-0.39, 0.29) is 30.9 Å². The first kappa shape index (κ1) is 21.8.